The van der Waals surface area contributed by atoms with Crippen molar-refractivity contribution in [1.82, 2.24) is 4.98 Å². The third kappa shape index (κ3) is 3.02. The van der Waals surface area contributed by atoms with Crippen molar-refractivity contribution in [3.8, 4) is 0 Å². The Hall–Kier alpha value is -2.20. The lowest BCUT2D eigenvalue weighted by Gasteiger charge is -2.26. The van der Waals surface area contributed by atoms with Crippen LogP contribution in [0.4, 0.5) is 0 Å². The van der Waals surface area contributed by atoms with E-state index in [2.05, 4.69) is 23.2 Å². The Balaban J connectivity index is 1.76. The number of methoxy groups -OCH3 is 1. The molecule has 1 atom stereocenters. The van der Waals surface area contributed by atoms with Gasteiger partial charge in [0.2, 0.25) is 0 Å². The number of aromatic nitrogens is 1. The van der Waals surface area contributed by atoms with Gasteiger partial charge in [-0.25, -0.2) is 4.79 Å². The minimum absolute atomic E-state index is 0.0793. The maximum atomic E-state index is 11.8. The summed E-state index contributed by atoms with van der Waals surface area (Å²) in [6.45, 7) is 0.749. The van der Waals surface area contributed by atoms with Crippen molar-refractivity contribution in [3.05, 3.63) is 65.0 Å². The predicted octanol–water partition coefficient (Wildman–Crippen LogP) is 3.11. The summed E-state index contributed by atoms with van der Waals surface area (Å²) in [6, 6.07) is 10.1. The smallest absolute Gasteiger partial charge is 0.338 e. The molecule has 0 amide bonds. The number of nitrogens with zero attached hydrogens (tertiary/aromatic N) is 1. The average molecular weight is 297 g/mol. The number of ether oxygens (including phenoxy) is 2. The molecule has 0 fully saturated rings. The van der Waals surface area contributed by atoms with E-state index in [1.807, 2.05) is 6.07 Å². The predicted molar refractivity (Wildman–Crippen MR) is 82.7 cm³/mol. The van der Waals surface area contributed by atoms with Crippen LogP contribution < -0.4 is 0 Å². The molecule has 0 spiro atoms. The van der Waals surface area contributed by atoms with E-state index in [1.54, 1.807) is 18.5 Å². The summed E-state index contributed by atoms with van der Waals surface area (Å²) >= 11 is 0. The maximum Gasteiger partial charge on any atom is 0.338 e. The molecule has 4 nitrogen and oxygen atoms in total. The summed E-state index contributed by atoms with van der Waals surface area (Å²) in [5.41, 5.74) is 4.11. The summed E-state index contributed by atoms with van der Waals surface area (Å²) in [4.78, 5) is 15.9. The van der Waals surface area contributed by atoms with Crippen molar-refractivity contribution in [3.63, 3.8) is 0 Å². The molecule has 2 heterocycles. The van der Waals surface area contributed by atoms with Gasteiger partial charge in [-0.1, -0.05) is 24.3 Å². The van der Waals surface area contributed by atoms with E-state index in [9.17, 15) is 4.79 Å². The molecule has 1 aromatic carbocycles. The van der Waals surface area contributed by atoms with E-state index in [1.165, 1.54) is 18.2 Å². The first kappa shape index (κ1) is 14.7. The van der Waals surface area contributed by atoms with Crippen molar-refractivity contribution in [2.75, 3.05) is 13.7 Å². The fourth-order valence-corrected chi connectivity index (χ4v) is 2.94. The zero-order valence-corrected chi connectivity index (χ0v) is 12.6. The van der Waals surface area contributed by atoms with E-state index in [4.69, 9.17) is 9.47 Å². The monoisotopic (exact) mass is 297 g/mol. The van der Waals surface area contributed by atoms with Crippen LogP contribution in [0.1, 0.15) is 39.6 Å². The Kier molecular flexibility index (Phi) is 4.49. The Morgan fingerprint density at radius 1 is 1.36 bits per heavy atom. The molecule has 0 saturated heterocycles. The largest absolute Gasteiger partial charge is 0.465 e. The molecule has 2 aromatic rings. The van der Waals surface area contributed by atoms with E-state index >= 15 is 0 Å². The summed E-state index contributed by atoms with van der Waals surface area (Å²) in [7, 11) is 1.40. The van der Waals surface area contributed by atoms with E-state index in [-0.39, 0.29) is 12.1 Å². The molecule has 22 heavy (non-hydrogen) atoms. The maximum absolute atomic E-state index is 11.8. The van der Waals surface area contributed by atoms with Crippen LogP contribution in [-0.4, -0.2) is 24.7 Å². The minimum Gasteiger partial charge on any atom is -0.465 e. The van der Waals surface area contributed by atoms with E-state index < -0.39 is 0 Å². The standard InChI is InChI=1S/C18H19NO3/c1-21-18(20)16-8-10-19-12-14(16)6-7-17-15-5-3-2-4-13(15)9-11-22-17/h2-5,8,10,12,17H,6-7,9,11H2,1H3/t17-/m0/s1. The molecule has 0 N–H and O–H groups in total. The summed E-state index contributed by atoms with van der Waals surface area (Å²) < 4.78 is 10.7. The van der Waals surface area contributed by atoms with Gasteiger partial charge in [0, 0.05) is 12.4 Å². The molecule has 4 heteroatoms. The Labute approximate surface area is 130 Å². The molecule has 0 aliphatic carbocycles. The van der Waals surface area contributed by atoms with Crippen molar-refractivity contribution in [2.24, 2.45) is 0 Å². The number of esters is 1. The second-order valence-corrected chi connectivity index (χ2v) is 5.37. The van der Waals surface area contributed by atoms with Gasteiger partial charge in [-0.15, -0.1) is 0 Å². The SMILES string of the molecule is COC(=O)c1ccncc1CC[C@@H]1OCCc2ccccc21. The molecule has 1 aliphatic heterocycles. The number of pyridine rings is 1. The van der Waals surface area contributed by atoms with Gasteiger partial charge in [0.05, 0.1) is 25.4 Å². The molecule has 1 aromatic heterocycles. The number of hydrogen-bond acceptors (Lipinski definition) is 4. The molecular formula is C18H19NO3. The van der Waals surface area contributed by atoms with Crippen molar-refractivity contribution in [2.45, 2.75) is 25.4 Å². The van der Waals surface area contributed by atoms with Crippen molar-refractivity contribution in [1.29, 1.82) is 0 Å². The molecule has 3 rings (SSSR count). The molecule has 0 bridgehead atoms. The summed E-state index contributed by atoms with van der Waals surface area (Å²) in [5.74, 6) is -0.317. The molecule has 114 valence electrons. The van der Waals surface area contributed by atoms with Gasteiger partial charge in [0.1, 0.15) is 0 Å². The topological polar surface area (TPSA) is 48.4 Å². The highest BCUT2D eigenvalue weighted by Gasteiger charge is 2.21. The van der Waals surface area contributed by atoms with Gasteiger partial charge in [-0.2, -0.15) is 0 Å². The zero-order chi connectivity index (χ0) is 15.4. The first-order chi connectivity index (χ1) is 10.8. The molecule has 0 unspecified atom stereocenters. The highest BCUT2D eigenvalue weighted by atomic mass is 16.5. The zero-order valence-electron chi connectivity index (χ0n) is 12.6. The van der Waals surface area contributed by atoms with Crippen molar-refractivity contribution < 1.29 is 14.3 Å². The normalized spacial score (nSPS) is 16.9. The van der Waals surface area contributed by atoms with Gasteiger partial charge in [-0.3, -0.25) is 4.98 Å². The first-order valence-electron chi connectivity index (χ1n) is 7.50. The van der Waals surface area contributed by atoms with Crippen LogP contribution in [-0.2, 0) is 22.3 Å². The van der Waals surface area contributed by atoms with Crippen LogP contribution in [0.25, 0.3) is 0 Å². The van der Waals surface area contributed by atoms with E-state index in [0.29, 0.717) is 5.56 Å². The fourth-order valence-electron chi connectivity index (χ4n) is 2.94. The van der Waals surface area contributed by atoms with Crippen molar-refractivity contribution >= 4 is 5.97 Å². The van der Waals surface area contributed by atoms with Gasteiger partial charge >= 0.3 is 5.97 Å². The molecular weight excluding hydrogens is 278 g/mol. The van der Waals surface area contributed by atoms with Crippen LogP contribution in [0.15, 0.2) is 42.7 Å². The average Bonchev–Trinajstić information content (AvgIpc) is 2.59. The fraction of sp³-hybridized carbons (Fsp3) is 0.333. The van der Waals surface area contributed by atoms with Crippen LogP contribution in [0.3, 0.4) is 0 Å². The summed E-state index contributed by atoms with van der Waals surface area (Å²) in [5, 5.41) is 0. The Morgan fingerprint density at radius 2 is 2.23 bits per heavy atom. The Bertz CT molecular complexity index is 669. The summed E-state index contributed by atoms with van der Waals surface area (Å²) in [6.07, 6.45) is 5.95. The first-order valence-corrected chi connectivity index (χ1v) is 7.50. The second-order valence-electron chi connectivity index (χ2n) is 5.37. The number of rotatable bonds is 4. The lowest BCUT2D eigenvalue weighted by atomic mass is 9.93. The molecule has 0 radical (unpaired) electrons. The number of fused-ring (bicyclic) bond motifs is 1. The molecule has 0 saturated carbocycles. The highest BCUT2D eigenvalue weighted by Crippen LogP contribution is 2.30. The second kappa shape index (κ2) is 6.71. The third-order valence-electron chi connectivity index (χ3n) is 4.08. The van der Waals surface area contributed by atoms with Crippen LogP contribution >= 0.6 is 0 Å². The van der Waals surface area contributed by atoms with Gasteiger partial charge in [-0.05, 0) is 42.0 Å². The lowest BCUT2D eigenvalue weighted by molar-refractivity contribution is 0.0366. The van der Waals surface area contributed by atoms with Gasteiger partial charge < -0.3 is 9.47 Å². The van der Waals surface area contributed by atoms with Gasteiger partial charge in [0.15, 0.2) is 0 Å². The lowest BCUT2D eigenvalue weighted by Crippen LogP contribution is -2.17. The minimum atomic E-state index is -0.317. The van der Waals surface area contributed by atoms with E-state index in [0.717, 1.165) is 31.4 Å². The number of aryl methyl sites for hydroxylation is 1. The number of hydrogen-bond donors (Lipinski definition) is 0. The third-order valence-corrected chi connectivity index (χ3v) is 4.08. The van der Waals surface area contributed by atoms with Crippen LogP contribution in [0, 0.1) is 0 Å². The number of carbonyl (C=O) groups is 1. The number of benzene rings is 1. The molecule has 1 aliphatic rings. The van der Waals surface area contributed by atoms with Crippen LogP contribution in [0.5, 0.6) is 0 Å². The van der Waals surface area contributed by atoms with Gasteiger partial charge in [0.25, 0.3) is 0 Å². The van der Waals surface area contributed by atoms with Crippen LogP contribution in [0.2, 0.25) is 0 Å². The number of carbonyl (C=O) groups excluding carboxylic acids is 1. The Morgan fingerprint density at radius 3 is 3.09 bits per heavy atom. The quantitative estimate of drug-likeness (QED) is 0.814. The highest BCUT2D eigenvalue weighted by molar-refractivity contribution is 5.90.